The van der Waals surface area contributed by atoms with E-state index in [0.717, 1.165) is 0 Å². The van der Waals surface area contributed by atoms with Crippen LogP contribution in [0.15, 0.2) is 27.7 Å². The zero-order valence-electron chi connectivity index (χ0n) is 8.26. The Bertz CT molecular complexity index is 433. The average molecular weight is 286 g/mol. The summed E-state index contributed by atoms with van der Waals surface area (Å²) < 4.78 is 13.8. The maximum atomic E-state index is 13.4. The summed E-state index contributed by atoms with van der Waals surface area (Å²) in [5, 5.41) is 5.75. The summed E-state index contributed by atoms with van der Waals surface area (Å²) in [6.07, 6.45) is 0. The number of aliphatic imine (C=N–C) groups is 1. The summed E-state index contributed by atoms with van der Waals surface area (Å²) in [7, 11) is 0. The van der Waals surface area contributed by atoms with Crippen molar-refractivity contribution < 1.29 is 9.18 Å². The second-order valence-electron chi connectivity index (χ2n) is 3.22. The number of nitrogens with zero attached hydrogens (tertiary/aromatic N) is 1. The molecule has 2 N–H and O–H groups in total. The van der Waals surface area contributed by atoms with Crippen molar-refractivity contribution in [2.24, 2.45) is 4.99 Å². The van der Waals surface area contributed by atoms with Gasteiger partial charge in [0.15, 0.2) is 5.96 Å². The van der Waals surface area contributed by atoms with Gasteiger partial charge < -0.3 is 10.6 Å². The molecule has 2 rings (SSSR count). The van der Waals surface area contributed by atoms with Gasteiger partial charge in [-0.3, -0.25) is 4.79 Å². The fourth-order valence-corrected chi connectivity index (χ4v) is 1.87. The van der Waals surface area contributed by atoms with E-state index in [1.807, 2.05) is 0 Å². The molecule has 0 unspecified atom stereocenters. The summed E-state index contributed by atoms with van der Waals surface area (Å²) in [5.41, 5.74) is -0.0505. The number of hydrogen-bond acceptors (Lipinski definition) is 1. The Kier molecular flexibility index (Phi) is 3.19. The molecule has 0 bridgehead atoms. The van der Waals surface area contributed by atoms with Crippen LogP contribution in [0.5, 0.6) is 0 Å². The first-order chi connectivity index (χ1) is 7.68. The van der Waals surface area contributed by atoms with E-state index < -0.39 is 11.7 Å². The van der Waals surface area contributed by atoms with E-state index in [0.29, 0.717) is 23.5 Å². The van der Waals surface area contributed by atoms with Crippen LogP contribution in [0.3, 0.4) is 0 Å². The Labute approximate surface area is 100 Å². The standard InChI is InChI=1S/C10H9BrFN3O/c11-6-2-1-3-7(12)8(6)9(16)15-10-13-4-5-14-10/h1-3H,4-5H2,(H2,13,14,15,16). The summed E-state index contributed by atoms with van der Waals surface area (Å²) >= 11 is 3.13. The van der Waals surface area contributed by atoms with Crippen LogP contribution in [-0.4, -0.2) is 25.0 Å². The number of carbonyl (C=O) groups is 1. The van der Waals surface area contributed by atoms with Crippen molar-refractivity contribution in [1.82, 2.24) is 10.6 Å². The molecule has 84 valence electrons. The quantitative estimate of drug-likeness (QED) is 0.817. The summed E-state index contributed by atoms with van der Waals surface area (Å²) in [6.45, 7) is 1.43. The van der Waals surface area contributed by atoms with Crippen LogP contribution in [-0.2, 0) is 0 Å². The minimum absolute atomic E-state index is 0.0505. The van der Waals surface area contributed by atoms with Gasteiger partial charge in [-0.25, -0.2) is 4.39 Å². The summed E-state index contributed by atoms with van der Waals surface area (Å²) in [6, 6.07) is 4.36. The second-order valence-corrected chi connectivity index (χ2v) is 4.07. The number of halogens is 2. The third-order valence-electron chi connectivity index (χ3n) is 2.10. The van der Waals surface area contributed by atoms with Crippen LogP contribution in [0.1, 0.15) is 10.4 Å². The SMILES string of the molecule is O=C(N=C1NCCN1)c1c(F)cccc1Br. The Hall–Kier alpha value is -1.43. The molecule has 4 nitrogen and oxygen atoms in total. The van der Waals surface area contributed by atoms with Gasteiger partial charge >= 0.3 is 0 Å². The Morgan fingerprint density at radius 3 is 2.69 bits per heavy atom. The van der Waals surface area contributed by atoms with Crippen molar-refractivity contribution in [2.75, 3.05) is 13.1 Å². The van der Waals surface area contributed by atoms with Gasteiger partial charge in [-0.1, -0.05) is 6.07 Å². The first kappa shape index (κ1) is 11.1. The van der Waals surface area contributed by atoms with Crippen LogP contribution in [0.25, 0.3) is 0 Å². The molecule has 1 aromatic carbocycles. The number of amides is 1. The van der Waals surface area contributed by atoms with Crippen molar-refractivity contribution in [3.63, 3.8) is 0 Å². The van der Waals surface area contributed by atoms with Crippen molar-refractivity contribution >= 4 is 27.8 Å². The van der Waals surface area contributed by atoms with Crippen molar-refractivity contribution in [2.45, 2.75) is 0 Å². The largest absolute Gasteiger partial charge is 0.354 e. The van der Waals surface area contributed by atoms with Gasteiger partial charge in [0.25, 0.3) is 5.91 Å². The van der Waals surface area contributed by atoms with Crippen LogP contribution in [0, 0.1) is 5.82 Å². The summed E-state index contributed by atoms with van der Waals surface area (Å²) in [4.78, 5) is 15.5. The molecule has 1 aliphatic rings. The van der Waals surface area contributed by atoms with Gasteiger partial charge in [0.1, 0.15) is 5.82 Å². The normalized spacial score (nSPS) is 14.2. The van der Waals surface area contributed by atoms with Gasteiger partial charge in [0.2, 0.25) is 0 Å². The molecule has 0 atom stereocenters. The molecular formula is C10H9BrFN3O. The van der Waals surface area contributed by atoms with E-state index in [2.05, 4.69) is 31.6 Å². The number of nitrogens with one attached hydrogen (secondary N) is 2. The predicted molar refractivity (Wildman–Crippen MR) is 61.9 cm³/mol. The van der Waals surface area contributed by atoms with Crippen LogP contribution < -0.4 is 10.6 Å². The van der Waals surface area contributed by atoms with Gasteiger partial charge in [0.05, 0.1) is 5.56 Å². The molecule has 0 saturated carbocycles. The monoisotopic (exact) mass is 285 g/mol. The zero-order valence-corrected chi connectivity index (χ0v) is 9.84. The molecular weight excluding hydrogens is 277 g/mol. The topological polar surface area (TPSA) is 53.5 Å². The molecule has 0 radical (unpaired) electrons. The lowest BCUT2D eigenvalue weighted by Crippen LogP contribution is -2.25. The van der Waals surface area contributed by atoms with Gasteiger partial charge in [-0.15, -0.1) is 0 Å². The van der Waals surface area contributed by atoms with Crippen LogP contribution in [0.2, 0.25) is 0 Å². The van der Waals surface area contributed by atoms with Gasteiger partial charge in [0, 0.05) is 17.6 Å². The summed E-state index contributed by atoms with van der Waals surface area (Å²) in [5.74, 6) is -0.802. The molecule has 16 heavy (non-hydrogen) atoms. The maximum absolute atomic E-state index is 13.4. The second kappa shape index (κ2) is 4.61. The highest BCUT2D eigenvalue weighted by molar-refractivity contribution is 9.10. The molecule has 1 saturated heterocycles. The molecule has 0 aromatic heterocycles. The minimum Gasteiger partial charge on any atom is -0.354 e. The molecule has 0 spiro atoms. The number of guanidine groups is 1. The predicted octanol–water partition coefficient (Wildman–Crippen LogP) is 1.28. The molecule has 1 fully saturated rings. The highest BCUT2D eigenvalue weighted by atomic mass is 79.9. The molecule has 6 heteroatoms. The van der Waals surface area contributed by atoms with Crippen LogP contribution >= 0.6 is 15.9 Å². The van der Waals surface area contributed by atoms with Gasteiger partial charge in [-0.2, -0.15) is 4.99 Å². The minimum atomic E-state index is -0.609. The van der Waals surface area contributed by atoms with Crippen molar-refractivity contribution in [3.8, 4) is 0 Å². The van der Waals surface area contributed by atoms with Crippen LogP contribution in [0.4, 0.5) is 4.39 Å². The van der Waals surface area contributed by atoms with E-state index >= 15 is 0 Å². The van der Waals surface area contributed by atoms with Crippen molar-refractivity contribution in [3.05, 3.63) is 34.1 Å². The Morgan fingerprint density at radius 1 is 1.38 bits per heavy atom. The van der Waals surface area contributed by atoms with E-state index in [1.54, 1.807) is 6.07 Å². The lowest BCUT2D eigenvalue weighted by atomic mass is 10.2. The number of rotatable bonds is 1. The molecule has 1 aromatic rings. The van der Waals surface area contributed by atoms with E-state index in [-0.39, 0.29) is 5.56 Å². The average Bonchev–Trinajstić information content (AvgIpc) is 2.70. The molecule has 0 aliphatic carbocycles. The van der Waals surface area contributed by atoms with Gasteiger partial charge in [-0.05, 0) is 28.1 Å². The third kappa shape index (κ3) is 2.21. The Morgan fingerprint density at radius 2 is 2.06 bits per heavy atom. The highest BCUT2D eigenvalue weighted by Gasteiger charge is 2.16. The highest BCUT2D eigenvalue weighted by Crippen LogP contribution is 2.20. The van der Waals surface area contributed by atoms with E-state index in [4.69, 9.17) is 0 Å². The molecule has 1 heterocycles. The lowest BCUT2D eigenvalue weighted by molar-refractivity contribution is 0.0997. The smallest absolute Gasteiger partial charge is 0.284 e. The molecule has 1 aliphatic heterocycles. The maximum Gasteiger partial charge on any atom is 0.284 e. The lowest BCUT2D eigenvalue weighted by Gasteiger charge is -2.02. The Balaban J connectivity index is 2.30. The van der Waals surface area contributed by atoms with E-state index in [1.165, 1.54) is 12.1 Å². The first-order valence-corrected chi connectivity index (χ1v) is 5.52. The molecule has 1 amide bonds. The zero-order chi connectivity index (χ0) is 11.5. The number of carbonyl (C=O) groups excluding carboxylic acids is 1. The number of benzene rings is 1. The van der Waals surface area contributed by atoms with E-state index in [9.17, 15) is 9.18 Å². The fraction of sp³-hybridized carbons (Fsp3) is 0.200. The third-order valence-corrected chi connectivity index (χ3v) is 2.76. The van der Waals surface area contributed by atoms with Crippen molar-refractivity contribution in [1.29, 1.82) is 0 Å². The first-order valence-electron chi connectivity index (χ1n) is 4.73. The number of hydrogen-bond donors (Lipinski definition) is 2. The fourth-order valence-electron chi connectivity index (χ4n) is 1.36.